The van der Waals surface area contributed by atoms with Crippen molar-refractivity contribution < 1.29 is 23.0 Å². The van der Waals surface area contributed by atoms with Crippen LogP contribution in [0.2, 0.25) is 0 Å². The van der Waals surface area contributed by atoms with E-state index in [0.29, 0.717) is 0 Å². The Balaban J connectivity index is 3.91. The standard InChI is InChI=1S/C9H18F3NO2/c1-6(2)8(13)7(5-14)15-4-3-9(10,11)12/h6-8,14H,3-5,13H2,1-2H3. The molecule has 2 atom stereocenters. The van der Waals surface area contributed by atoms with E-state index in [-0.39, 0.29) is 12.5 Å². The van der Waals surface area contributed by atoms with Gasteiger partial charge >= 0.3 is 6.18 Å². The van der Waals surface area contributed by atoms with Crippen LogP contribution in [-0.2, 0) is 4.74 Å². The molecule has 3 nitrogen and oxygen atoms in total. The average molecular weight is 229 g/mol. The fourth-order valence-corrected chi connectivity index (χ4v) is 1.04. The lowest BCUT2D eigenvalue weighted by Crippen LogP contribution is -2.43. The number of hydrogen-bond donors (Lipinski definition) is 2. The topological polar surface area (TPSA) is 55.5 Å². The van der Waals surface area contributed by atoms with Crippen LogP contribution >= 0.6 is 0 Å². The number of aliphatic hydroxyl groups excluding tert-OH is 1. The molecular weight excluding hydrogens is 211 g/mol. The Bertz CT molecular complexity index is 173. The number of nitrogens with two attached hydrogens (primary N) is 1. The van der Waals surface area contributed by atoms with Crippen molar-refractivity contribution in [3.63, 3.8) is 0 Å². The minimum absolute atomic E-state index is 0.0491. The van der Waals surface area contributed by atoms with Crippen LogP contribution in [-0.4, -0.2) is 36.6 Å². The van der Waals surface area contributed by atoms with Crippen molar-refractivity contribution in [2.24, 2.45) is 11.7 Å². The van der Waals surface area contributed by atoms with Crippen LogP contribution in [0, 0.1) is 5.92 Å². The van der Waals surface area contributed by atoms with Crippen molar-refractivity contribution in [3.05, 3.63) is 0 Å². The minimum Gasteiger partial charge on any atom is -0.394 e. The van der Waals surface area contributed by atoms with Crippen LogP contribution in [0.25, 0.3) is 0 Å². The summed E-state index contributed by atoms with van der Waals surface area (Å²) in [5, 5.41) is 8.89. The summed E-state index contributed by atoms with van der Waals surface area (Å²) in [7, 11) is 0. The van der Waals surface area contributed by atoms with Crippen LogP contribution in [0.4, 0.5) is 13.2 Å². The van der Waals surface area contributed by atoms with Gasteiger partial charge in [0.05, 0.1) is 25.7 Å². The van der Waals surface area contributed by atoms with Gasteiger partial charge in [-0.1, -0.05) is 13.8 Å². The maximum absolute atomic E-state index is 11.8. The second-order valence-electron chi connectivity index (χ2n) is 3.78. The first-order valence-corrected chi connectivity index (χ1v) is 4.82. The average Bonchev–Trinajstić information content (AvgIpc) is 2.09. The van der Waals surface area contributed by atoms with Gasteiger partial charge in [-0.25, -0.2) is 0 Å². The molecule has 0 aliphatic rings. The Morgan fingerprint density at radius 2 is 1.87 bits per heavy atom. The van der Waals surface area contributed by atoms with Crippen molar-refractivity contribution in [1.82, 2.24) is 0 Å². The molecule has 15 heavy (non-hydrogen) atoms. The smallest absolute Gasteiger partial charge is 0.391 e. The summed E-state index contributed by atoms with van der Waals surface area (Å²) in [5.74, 6) is 0.0491. The van der Waals surface area contributed by atoms with Gasteiger partial charge in [-0.05, 0) is 5.92 Å². The number of alkyl halides is 3. The third-order valence-corrected chi connectivity index (χ3v) is 2.10. The first-order valence-electron chi connectivity index (χ1n) is 4.82. The van der Waals surface area contributed by atoms with E-state index in [2.05, 4.69) is 0 Å². The molecular formula is C9H18F3NO2. The summed E-state index contributed by atoms with van der Waals surface area (Å²) in [6.45, 7) is 2.81. The van der Waals surface area contributed by atoms with Crippen LogP contribution < -0.4 is 5.73 Å². The van der Waals surface area contributed by atoms with Gasteiger partial charge in [0, 0.05) is 6.04 Å². The molecule has 0 amide bonds. The van der Waals surface area contributed by atoms with Crippen LogP contribution in [0.1, 0.15) is 20.3 Å². The third kappa shape index (κ3) is 6.70. The van der Waals surface area contributed by atoms with Gasteiger partial charge in [0.15, 0.2) is 0 Å². The van der Waals surface area contributed by atoms with E-state index >= 15 is 0 Å². The largest absolute Gasteiger partial charge is 0.394 e. The molecule has 0 radical (unpaired) electrons. The number of halogens is 3. The zero-order chi connectivity index (χ0) is 12.1. The fraction of sp³-hybridized carbons (Fsp3) is 1.00. The molecule has 2 unspecified atom stereocenters. The Morgan fingerprint density at radius 3 is 2.20 bits per heavy atom. The molecule has 0 bridgehead atoms. The first kappa shape index (κ1) is 14.7. The maximum atomic E-state index is 11.8. The molecule has 0 heterocycles. The van der Waals surface area contributed by atoms with Gasteiger partial charge in [-0.3, -0.25) is 0 Å². The second-order valence-corrected chi connectivity index (χ2v) is 3.78. The van der Waals surface area contributed by atoms with Crippen molar-refractivity contribution in [3.8, 4) is 0 Å². The quantitative estimate of drug-likeness (QED) is 0.721. The van der Waals surface area contributed by atoms with E-state index in [9.17, 15) is 13.2 Å². The first-order chi connectivity index (χ1) is 6.78. The van der Waals surface area contributed by atoms with E-state index in [1.165, 1.54) is 0 Å². The summed E-state index contributed by atoms with van der Waals surface area (Å²) in [6, 6.07) is -0.455. The second kappa shape index (κ2) is 6.30. The predicted molar refractivity (Wildman–Crippen MR) is 50.3 cm³/mol. The summed E-state index contributed by atoms with van der Waals surface area (Å²) in [6.07, 6.45) is -5.98. The number of ether oxygens (including phenoxy) is 1. The van der Waals surface area contributed by atoms with Gasteiger partial charge in [0.1, 0.15) is 0 Å². The van der Waals surface area contributed by atoms with Gasteiger partial charge in [-0.15, -0.1) is 0 Å². The maximum Gasteiger partial charge on any atom is 0.391 e. The van der Waals surface area contributed by atoms with Crippen molar-refractivity contribution in [2.75, 3.05) is 13.2 Å². The van der Waals surface area contributed by atoms with Gasteiger partial charge in [-0.2, -0.15) is 13.2 Å². The van der Waals surface area contributed by atoms with Gasteiger partial charge in [0.2, 0.25) is 0 Å². The molecule has 0 aliphatic carbocycles. The SMILES string of the molecule is CC(C)C(N)C(CO)OCCC(F)(F)F. The minimum atomic E-state index is -4.23. The lowest BCUT2D eigenvalue weighted by molar-refractivity contribution is -0.152. The summed E-state index contributed by atoms with van der Waals surface area (Å²) >= 11 is 0. The Hall–Kier alpha value is -0.330. The lowest BCUT2D eigenvalue weighted by atomic mass is 10.00. The summed E-state index contributed by atoms with van der Waals surface area (Å²) in [5.41, 5.74) is 5.65. The molecule has 0 rings (SSSR count). The Labute approximate surface area is 87.4 Å². The zero-order valence-corrected chi connectivity index (χ0v) is 8.92. The molecule has 0 aromatic rings. The van der Waals surface area contributed by atoms with Gasteiger partial charge in [0.25, 0.3) is 0 Å². The molecule has 0 saturated heterocycles. The highest BCUT2D eigenvalue weighted by molar-refractivity contribution is 4.75. The lowest BCUT2D eigenvalue weighted by Gasteiger charge is -2.25. The number of hydrogen-bond acceptors (Lipinski definition) is 3. The highest BCUT2D eigenvalue weighted by Gasteiger charge is 2.28. The molecule has 0 saturated carbocycles. The molecule has 6 heteroatoms. The summed E-state index contributed by atoms with van der Waals surface area (Å²) in [4.78, 5) is 0. The van der Waals surface area contributed by atoms with Crippen LogP contribution in [0.3, 0.4) is 0 Å². The van der Waals surface area contributed by atoms with E-state index in [1.54, 1.807) is 0 Å². The molecule has 0 aromatic heterocycles. The van der Waals surface area contributed by atoms with Crippen LogP contribution in [0.15, 0.2) is 0 Å². The number of aliphatic hydroxyl groups is 1. The third-order valence-electron chi connectivity index (χ3n) is 2.10. The zero-order valence-electron chi connectivity index (χ0n) is 8.92. The van der Waals surface area contributed by atoms with Crippen molar-refractivity contribution >= 4 is 0 Å². The Kier molecular flexibility index (Phi) is 6.16. The van der Waals surface area contributed by atoms with E-state index in [1.807, 2.05) is 13.8 Å². The van der Waals surface area contributed by atoms with E-state index in [0.717, 1.165) is 0 Å². The fourth-order valence-electron chi connectivity index (χ4n) is 1.04. The monoisotopic (exact) mass is 229 g/mol. The molecule has 0 spiro atoms. The van der Waals surface area contributed by atoms with E-state index in [4.69, 9.17) is 15.6 Å². The molecule has 0 aromatic carbocycles. The van der Waals surface area contributed by atoms with Crippen LogP contribution in [0.5, 0.6) is 0 Å². The normalized spacial score (nSPS) is 16.8. The predicted octanol–water partition coefficient (Wildman–Crippen LogP) is 1.30. The molecule has 0 fully saturated rings. The molecule has 92 valence electrons. The highest BCUT2D eigenvalue weighted by atomic mass is 19.4. The van der Waals surface area contributed by atoms with E-state index < -0.39 is 31.3 Å². The Morgan fingerprint density at radius 1 is 1.33 bits per heavy atom. The van der Waals surface area contributed by atoms with Gasteiger partial charge < -0.3 is 15.6 Å². The molecule has 0 aliphatic heterocycles. The van der Waals surface area contributed by atoms with Crippen molar-refractivity contribution in [1.29, 1.82) is 0 Å². The summed E-state index contributed by atoms with van der Waals surface area (Å²) < 4.78 is 40.3. The number of rotatable bonds is 6. The van der Waals surface area contributed by atoms with Crippen molar-refractivity contribution in [2.45, 2.75) is 38.6 Å². The molecule has 3 N–H and O–H groups in total. The highest BCUT2D eigenvalue weighted by Crippen LogP contribution is 2.19.